The fraction of sp³-hybridized carbons (Fsp3) is 0.357. The van der Waals surface area contributed by atoms with Gasteiger partial charge < -0.3 is 19.7 Å². The van der Waals surface area contributed by atoms with E-state index in [9.17, 15) is 9.59 Å². The van der Waals surface area contributed by atoms with Gasteiger partial charge in [0, 0.05) is 29.6 Å². The van der Waals surface area contributed by atoms with E-state index in [1.807, 2.05) is 57.2 Å². The number of hydrogen-bond donors (Lipinski definition) is 1. The molecule has 2 aromatic carbocycles. The second-order valence-corrected chi connectivity index (χ2v) is 10.1. The third-order valence-electron chi connectivity index (χ3n) is 6.32. The van der Waals surface area contributed by atoms with Crippen LogP contribution in [0.4, 0.5) is 5.95 Å². The second-order valence-electron chi connectivity index (χ2n) is 8.75. The third-order valence-corrected chi connectivity index (χ3v) is 7.57. The molecule has 1 N–H and O–H groups in total. The average Bonchev–Trinajstić information content (AvgIpc) is 3.34. The van der Waals surface area contributed by atoms with E-state index in [1.54, 1.807) is 28.6 Å². The maximum absolute atomic E-state index is 13.1. The van der Waals surface area contributed by atoms with Gasteiger partial charge in [0.1, 0.15) is 11.8 Å². The summed E-state index contributed by atoms with van der Waals surface area (Å²) in [6.45, 7) is 8.94. The highest BCUT2D eigenvalue weighted by Gasteiger charge is 2.35. The normalized spacial score (nSPS) is 14.4. The van der Waals surface area contributed by atoms with Crippen LogP contribution in [0, 0.1) is 0 Å². The molecule has 39 heavy (non-hydrogen) atoms. The Kier molecular flexibility index (Phi) is 9.53. The number of benzene rings is 2. The molecule has 1 aromatic heterocycles. The maximum atomic E-state index is 13.1. The lowest BCUT2D eigenvalue weighted by Crippen LogP contribution is -2.34. The average molecular weight is 570 g/mol. The molecule has 3 aromatic rings. The molecule has 1 unspecified atom stereocenters. The van der Waals surface area contributed by atoms with Crippen LogP contribution in [0.2, 0.25) is 5.02 Å². The number of amides is 1. The SMILES string of the molecule is CCOC(=O)C1=C(C)Nc2nc(SCc3ccccc3Cl)nn2C1c1ccc(OCC(=O)N(CC)CC)cc1. The largest absolute Gasteiger partial charge is 0.484 e. The van der Waals surface area contributed by atoms with Crippen molar-refractivity contribution >= 4 is 41.2 Å². The molecular weight excluding hydrogens is 538 g/mol. The van der Waals surface area contributed by atoms with Crippen LogP contribution in [0.25, 0.3) is 0 Å². The van der Waals surface area contributed by atoms with Gasteiger partial charge in [0.2, 0.25) is 11.1 Å². The van der Waals surface area contributed by atoms with E-state index in [0.717, 1.165) is 11.1 Å². The summed E-state index contributed by atoms with van der Waals surface area (Å²) in [4.78, 5) is 31.8. The number of nitrogens with zero attached hydrogens (tertiary/aromatic N) is 4. The molecule has 0 spiro atoms. The van der Waals surface area contributed by atoms with Crippen LogP contribution >= 0.6 is 23.4 Å². The van der Waals surface area contributed by atoms with Crippen molar-refractivity contribution in [1.82, 2.24) is 19.7 Å². The molecule has 206 valence electrons. The molecule has 1 amide bonds. The summed E-state index contributed by atoms with van der Waals surface area (Å²) in [6, 6.07) is 14.4. The monoisotopic (exact) mass is 569 g/mol. The van der Waals surface area contributed by atoms with Crippen molar-refractivity contribution in [1.29, 1.82) is 0 Å². The minimum atomic E-state index is -0.561. The van der Waals surface area contributed by atoms with Gasteiger partial charge in [0.15, 0.2) is 6.61 Å². The van der Waals surface area contributed by atoms with Gasteiger partial charge >= 0.3 is 5.97 Å². The topological polar surface area (TPSA) is 98.6 Å². The van der Waals surface area contributed by atoms with E-state index >= 15 is 0 Å². The number of carbonyl (C=O) groups is 2. The summed E-state index contributed by atoms with van der Waals surface area (Å²) in [5.41, 5.74) is 2.88. The Morgan fingerprint density at radius 2 is 1.82 bits per heavy atom. The van der Waals surface area contributed by atoms with Crippen molar-refractivity contribution in [3.8, 4) is 5.75 Å². The number of hydrogen-bond acceptors (Lipinski definition) is 8. The minimum absolute atomic E-state index is 0.0410. The Morgan fingerprint density at radius 1 is 1.10 bits per heavy atom. The molecule has 0 bridgehead atoms. The lowest BCUT2D eigenvalue weighted by atomic mass is 9.96. The van der Waals surface area contributed by atoms with Crippen molar-refractivity contribution in [2.75, 3.05) is 31.6 Å². The number of esters is 1. The van der Waals surface area contributed by atoms with Gasteiger partial charge in [-0.25, -0.2) is 9.48 Å². The van der Waals surface area contributed by atoms with Crippen LogP contribution in [0.1, 0.15) is 44.9 Å². The molecular formula is C28H32ClN5O4S. The second kappa shape index (κ2) is 13.0. The molecule has 1 atom stereocenters. The number of thioether (sulfide) groups is 1. The lowest BCUT2D eigenvalue weighted by Gasteiger charge is -2.28. The molecule has 1 aliphatic heterocycles. The number of carbonyl (C=O) groups excluding carboxylic acids is 2. The van der Waals surface area contributed by atoms with Crippen molar-refractivity contribution in [3.63, 3.8) is 0 Å². The zero-order valence-corrected chi connectivity index (χ0v) is 24.0. The Balaban J connectivity index is 1.60. The van der Waals surface area contributed by atoms with Crippen LogP contribution in [0.15, 0.2) is 65.0 Å². The molecule has 0 saturated carbocycles. The first-order valence-electron chi connectivity index (χ1n) is 12.8. The predicted octanol–water partition coefficient (Wildman–Crippen LogP) is 5.32. The first-order chi connectivity index (χ1) is 18.9. The highest BCUT2D eigenvalue weighted by molar-refractivity contribution is 7.98. The van der Waals surface area contributed by atoms with Gasteiger partial charge in [0.25, 0.3) is 5.91 Å². The van der Waals surface area contributed by atoms with Gasteiger partial charge in [-0.05, 0) is 57.0 Å². The number of aromatic nitrogens is 3. The number of nitrogens with one attached hydrogen (secondary N) is 1. The Hall–Kier alpha value is -3.50. The van der Waals surface area contributed by atoms with Crippen LogP contribution in [-0.2, 0) is 20.1 Å². The summed E-state index contributed by atoms with van der Waals surface area (Å²) in [5.74, 6) is 1.19. The Morgan fingerprint density at radius 3 is 2.49 bits per heavy atom. The molecule has 1 aliphatic rings. The molecule has 4 rings (SSSR count). The van der Waals surface area contributed by atoms with Gasteiger partial charge in [0.05, 0.1) is 12.2 Å². The molecule has 2 heterocycles. The van der Waals surface area contributed by atoms with Crippen LogP contribution < -0.4 is 10.1 Å². The lowest BCUT2D eigenvalue weighted by molar-refractivity contribution is -0.139. The minimum Gasteiger partial charge on any atom is -0.484 e. The molecule has 0 aliphatic carbocycles. The predicted molar refractivity (Wildman–Crippen MR) is 152 cm³/mol. The third kappa shape index (κ3) is 6.57. The Bertz CT molecular complexity index is 1350. The summed E-state index contributed by atoms with van der Waals surface area (Å²) in [5, 5.41) is 9.19. The maximum Gasteiger partial charge on any atom is 0.338 e. The van der Waals surface area contributed by atoms with Crippen LogP contribution in [0.3, 0.4) is 0 Å². The van der Waals surface area contributed by atoms with E-state index in [1.165, 1.54) is 11.8 Å². The molecule has 0 fully saturated rings. The highest BCUT2D eigenvalue weighted by atomic mass is 35.5. The number of likely N-dealkylation sites (N-methyl/N-ethyl adjacent to an activating group) is 1. The van der Waals surface area contributed by atoms with Crippen molar-refractivity contribution in [2.45, 2.75) is 44.6 Å². The molecule has 0 radical (unpaired) electrons. The number of allylic oxidation sites excluding steroid dienone is 1. The smallest absolute Gasteiger partial charge is 0.338 e. The zero-order valence-electron chi connectivity index (χ0n) is 22.4. The zero-order chi connectivity index (χ0) is 27.9. The van der Waals surface area contributed by atoms with E-state index < -0.39 is 12.0 Å². The summed E-state index contributed by atoms with van der Waals surface area (Å²) >= 11 is 7.78. The van der Waals surface area contributed by atoms with Crippen molar-refractivity contribution in [2.24, 2.45) is 0 Å². The fourth-order valence-corrected chi connectivity index (χ4v) is 5.41. The van der Waals surface area contributed by atoms with Gasteiger partial charge in [-0.15, -0.1) is 5.10 Å². The summed E-state index contributed by atoms with van der Waals surface area (Å²) in [7, 11) is 0. The van der Waals surface area contributed by atoms with Crippen LogP contribution in [-0.4, -0.2) is 57.8 Å². The first kappa shape index (κ1) is 28.5. The van der Waals surface area contributed by atoms with Crippen LogP contribution in [0.5, 0.6) is 5.75 Å². The number of ether oxygens (including phenoxy) is 2. The van der Waals surface area contributed by atoms with Crippen molar-refractivity contribution < 1.29 is 19.1 Å². The molecule has 0 saturated heterocycles. The van der Waals surface area contributed by atoms with E-state index in [4.69, 9.17) is 26.2 Å². The molecule has 11 heteroatoms. The standard InChI is InChI=1S/C28H32ClN5O4S/c1-5-33(6-2)23(35)16-38-21-14-12-19(13-15-21)25-24(26(36)37-7-3)18(4)30-27-31-28(32-34(25)27)39-17-20-10-8-9-11-22(20)29/h8-15,25H,5-7,16-17H2,1-4H3,(H,30,31,32). The number of halogens is 1. The van der Waals surface area contributed by atoms with E-state index in [2.05, 4.69) is 10.3 Å². The summed E-state index contributed by atoms with van der Waals surface area (Å²) in [6.07, 6.45) is 0. The molecule has 9 nitrogen and oxygen atoms in total. The number of fused-ring (bicyclic) bond motifs is 1. The number of anilines is 1. The van der Waals surface area contributed by atoms with Gasteiger partial charge in [-0.2, -0.15) is 4.98 Å². The van der Waals surface area contributed by atoms with Crippen molar-refractivity contribution in [3.05, 3.63) is 76.0 Å². The Labute approximate surface area is 237 Å². The van der Waals surface area contributed by atoms with Gasteiger partial charge in [-0.1, -0.05) is 53.7 Å². The quantitative estimate of drug-likeness (QED) is 0.245. The van der Waals surface area contributed by atoms with E-state index in [0.29, 0.717) is 52.0 Å². The van der Waals surface area contributed by atoms with E-state index in [-0.39, 0.29) is 19.1 Å². The highest BCUT2D eigenvalue weighted by Crippen LogP contribution is 2.37. The fourth-order valence-electron chi connectivity index (χ4n) is 4.29. The van der Waals surface area contributed by atoms with Gasteiger partial charge in [-0.3, -0.25) is 4.79 Å². The first-order valence-corrected chi connectivity index (χ1v) is 14.2. The summed E-state index contributed by atoms with van der Waals surface area (Å²) < 4.78 is 12.8. The number of rotatable bonds is 11.